The molecule has 142 valence electrons. The quantitative estimate of drug-likeness (QED) is 0.813. The van der Waals surface area contributed by atoms with Crippen molar-refractivity contribution >= 4 is 11.8 Å². The number of rotatable bonds is 5. The van der Waals surface area contributed by atoms with Crippen molar-refractivity contribution in [3.05, 3.63) is 0 Å². The minimum absolute atomic E-state index is 0.0647. The van der Waals surface area contributed by atoms with E-state index in [-0.39, 0.29) is 23.9 Å². The molecule has 6 nitrogen and oxygen atoms in total. The fourth-order valence-electron chi connectivity index (χ4n) is 4.48. The van der Waals surface area contributed by atoms with Crippen molar-refractivity contribution in [3.8, 4) is 0 Å². The average molecular weight is 351 g/mol. The highest BCUT2D eigenvalue weighted by molar-refractivity contribution is 5.83. The van der Waals surface area contributed by atoms with Crippen LogP contribution in [-0.4, -0.2) is 73.1 Å². The summed E-state index contributed by atoms with van der Waals surface area (Å²) < 4.78 is 5.70. The monoisotopic (exact) mass is 351 g/mol. The largest absolute Gasteiger partial charge is 0.378 e. The van der Waals surface area contributed by atoms with Crippen molar-refractivity contribution in [1.82, 2.24) is 15.1 Å². The van der Waals surface area contributed by atoms with Gasteiger partial charge in [-0.2, -0.15) is 0 Å². The predicted octanol–water partition coefficient (Wildman–Crippen LogP) is 1.39. The van der Waals surface area contributed by atoms with Crippen LogP contribution in [0.1, 0.15) is 51.9 Å². The van der Waals surface area contributed by atoms with Gasteiger partial charge in [0.1, 0.15) is 0 Å². The standard InChI is InChI=1S/C19H33N3O3/c1-3-16-12-14(7-11-25-16)13-18(23)20-15-4-9-22(10-5-15)17-6-8-21(2)19(17)24/h14-17H,3-13H2,1-2H3,(H,20,23). The minimum atomic E-state index is 0.0647. The molecule has 2 amide bonds. The molecule has 0 aromatic carbocycles. The number of nitrogens with zero attached hydrogens (tertiary/aromatic N) is 2. The number of amides is 2. The summed E-state index contributed by atoms with van der Waals surface area (Å²) in [6.07, 6.45) is 6.85. The van der Waals surface area contributed by atoms with E-state index in [4.69, 9.17) is 4.74 Å². The van der Waals surface area contributed by atoms with E-state index in [1.807, 2.05) is 11.9 Å². The van der Waals surface area contributed by atoms with Gasteiger partial charge in [-0.25, -0.2) is 0 Å². The van der Waals surface area contributed by atoms with Gasteiger partial charge in [-0.15, -0.1) is 0 Å². The van der Waals surface area contributed by atoms with E-state index in [9.17, 15) is 9.59 Å². The number of hydrogen-bond donors (Lipinski definition) is 1. The van der Waals surface area contributed by atoms with Gasteiger partial charge >= 0.3 is 0 Å². The molecule has 6 heteroatoms. The van der Waals surface area contributed by atoms with E-state index in [0.717, 1.165) is 64.8 Å². The summed E-state index contributed by atoms with van der Waals surface area (Å²) in [5.41, 5.74) is 0. The fraction of sp³-hybridized carbons (Fsp3) is 0.895. The topological polar surface area (TPSA) is 61.9 Å². The lowest BCUT2D eigenvalue weighted by Crippen LogP contribution is -2.50. The highest BCUT2D eigenvalue weighted by atomic mass is 16.5. The number of nitrogens with one attached hydrogen (secondary N) is 1. The fourth-order valence-corrected chi connectivity index (χ4v) is 4.48. The molecule has 25 heavy (non-hydrogen) atoms. The van der Waals surface area contributed by atoms with Crippen LogP contribution in [0.2, 0.25) is 0 Å². The molecule has 0 spiro atoms. The summed E-state index contributed by atoms with van der Waals surface area (Å²) >= 11 is 0. The van der Waals surface area contributed by atoms with Gasteiger partial charge in [0.15, 0.2) is 0 Å². The van der Waals surface area contributed by atoms with Gasteiger partial charge in [-0.05, 0) is 44.4 Å². The Kier molecular flexibility index (Phi) is 6.34. The number of likely N-dealkylation sites (N-methyl/N-ethyl adjacent to an activating group) is 1. The molecule has 3 aliphatic rings. The second kappa shape index (κ2) is 8.49. The molecule has 0 bridgehead atoms. The third-order valence-electron chi connectivity index (χ3n) is 6.14. The summed E-state index contributed by atoms with van der Waals surface area (Å²) in [5.74, 6) is 0.912. The lowest BCUT2D eigenvalue weighted by Gasteiger charge is -2.35. The van der Waals surface area contributed by atoms with Crippen LogP contribution in [0.5, 0.6) is 0 Å². The van der Waals surface area contributed by atoms with E-state index < -0.39 is 0 Å². The molecule has 3 atom stereocenters. The Hall–Kier alpha value is -1.14. The number of ether oxygens (including phenoxy) is 1. The normalized spacial score (nSPS) is 32.2. The molecule has 0 radical (unpaired) electrons. The summed E-state index contributed by atoms with van der Waals surface area (Å²) in [4.78, 5) is 28.7. The van der Waals surface area contributed by atoms with Crippen LogP contribution < -0.4 is 5.32 Å². The van der Waals surface area contributed by atoms with E-state index in [1.54, 1.807) is 0 Å². The van der Waals surface area contributed by atoms with E-state index in [2.05, 4.69) is 17.1 Å². The Labute approximate surface area is 151 Å². The molecule has 3 heterocycles. The van der Waals surface area contributed by atoms with E-state index >= 15 is 0 Å². The Morgan fingerprint density at radius 2 is 1.96 bits per heavy atom. The second-order valence-electron chi connectivity index (χ2n) is 7.94. The first-order chi connectivity index (χ1) is 12.1. The summed E-state index contributed by atoms with van der Waals surface area (Å²) in [6, 6.07) is 0.328. The molecule has 3 fully saturated rings. The maximum atomic E-state index is 12.4. The number of carbonyl (C=O) groups excluding carboxylic acids is 2. The van der Waals surface area contributed by atoms with Crippen molar-refractivity contribution in [2.45, 2.75) is 70.1 Å². The van der Waals surface area contributed by atoms with Gasteiger partial charge < -0.3 is 15.0 Å². The van der Waals surface area contributed by atoms with Crippen LogP contribution in [0.4, 0.5) is 0 Å². The molecular formula is C19H33N3O3. The smallest absolute Gasteiger partial charge is 0.239 e. The Balaban J connectivity index is 1.38. The van der Waals surface area contributed by atoms with Crippen molar-refractivity contribution in [1.29, 1.82) is 0 Å². The zero-order chi connectivity index (χ0) is 17.8. The van der Waals surface area contributed by atoms with Crippen LogP contribution in [0.3, 0.4) is 0 Å². The van der Waals surface area contributed by atoms with Crippen molar-refractivity contribution in [3.63, 3.8) is 0 Å². The molecule has 3 unspecified atom stereocenters. The van der Waals surface area contributed by atoms with Crippen molar-refractivity contribution in [2.24, 2.45) is 5.92 Å². The highest BCUT2D eigenvalue weighted by Gasteiger charge is 2.36. The van der Waals surface area contributed by atoms with Gasteiger partial charge in [-0.3, -0.25) is 14.5 Å². The number of piperidine rings is 1. The summed E-state index contributed by atoms with van der Waals surface area (Å²) in [7, 11) is 1.88. The molecule has 0 saturated carbocycles. The van der Waals surface area contributed by atoms with Gasteiger partial charge in [0.05, 0.1) is 12.1 Å². The lowest BCUT2D eigenvalue weighted by molar-refractivity contribution is -0.132. The summed E-state index contributed by atoms with van der Waals surface area (Å²) in [5, 5.41) is 3.23. The molecule has 1 N–H and O–H groups in total. The number of carbonyl (C=O) groups is 2. The van der Waals surface area contributed by atoms with Gasteiger partial charge in [0.25, 0.3) is 0 Å². The SMILES string of the molecule is CCC1CC(CC(=O)NC2CCN(C3CCN(C)C3=O)CC2)CCO1. The van der Waals surface area contributed by atoms with Crippen molar-refractivity contribution in [2.75, 3.05) is 33.3 Å². The zero-order valence-electron chi connectivity index (χ0n) is 15.7. The average Bonchev–Trinajstić information content (AvgIpc) is 2.95. The molecule has 0 aromatic heterocycles. The Bertz CT molecular complexity index is 477. The molecule has 0 aliphatic carbocycles. The van der Waals surface area contributed by atoms with Crippen LogP contribution >= 0.6 is 0 Å². The maximum absolute atomic E-state index is 12.4. The minimum Gasteiger partial charge on any atom is -0.378 e. The first-order valence-corrected chi connectivity index (χ1v) is 9.96. The van der Waals surface area contributed by atoms with Crippen LogP contribution in [0.25, 0.3) is 0 Å². The third-order valence-corrected chi connectivity index (χ3v) is 6.14. The molecular weight excluding hydrogens is 318 g/mol. The van der Waals surface area contributed by atoms with Gasteiger partial charge in [0, 0.05) is 45.8 Å². The lowest BCUT2D eigenvalue weighted by atomic mass is 9.91. The predicted molar refractivity (Wildman–Crippen MR) is 96.2 cm³/mol. The van der Waals surface area contributed by atoms with Crippen LogP contribution in [0.15, 0.2) is 0 Å². The molecule has 3 saturated heterocycles. The number of hydrogen-bond acceptors (Lipinski definition) is 4. The summed E-state index contributed by atoms with van der Waals surface area (Å²) in [6.45, 7) is 5.62. The van der Waals surface area contributed by atoms with Crippen LogP contribution in [0, 0.1) is 5.92 Å². The van der Waals surface area contributed by atoms with Gasteiger partial charge in [0.2, 0.25) is 11.8 Å². The highest BCUT2D eigenvalue weighted by Crippen LogP contribution is 2.25. The maximum Gasteiger partial charge on any atom is 0.239 e. The number of likely N-dealkylation sites (tertiary alicyclic amines) is 2. The first kappa shape index (κ1) is 18.6. The zero-order valence-corrected chi connectivity index (χ0v) is 15.7. The van der Waals surface area contributed by atoms with Crippen molar-refractivity contribution < 1.29 is 14.3 Å². The van der Waals surface area contributed by atoms with E-state index in [1.165, 1.54) is 0 Å². The third kappa shape index (κ3) is 4.73. The molecule has 3 aliphatic heterocycles. The second-order valence-corrected chi connectivity index (χ2v) is 7.94. The van der Waals surface area contributed by atoms with E-state index in [0.29, 0.717) is 18.4 Å². The Morgan fingerprint density at radius 3 is 2.60 bits per heavy atom. The molecule has 3 rings (SSSR count). The first-order valence-electron chi connectivity index (χ1n) is 9.96. The van der Waals surface area contributed by atoms with Gasteiger partial charge in [-0.1, -0.05) is 6.92 Å². The molecule has 0 aromatic rings. The van der Waals surface area contributed by atoms with Crippen LogP contribution in [-0.2, 0) is 14.3 Å². The Morgan fingerprint density at radius 1 is 1.20 bits per heavy atom.